The molecule has 0 saturated heterocycles. The number of carbonyl (C=O) groups is 1. The van der Waals surface area contributed by atoms with E-state index >= 15 is 0 Å². The molecule has 0 aliphatic heterocycles. The van der Waals surface area contributed by atoms with E-state index in [4.69, 9.17) is 4.74 Å². The highest BCUT2D eigenvalue weighted by Gasteiger charge is 2.21. The van der Waals surface area contributed by atoms with Crippen molar-refractivity contribution in [3.05, 3.63) is 35.1 Å². The largest absolute Gasteiger partial charge is 0.371 e. The van der Waals surface area contributed by atoms with E-state index < -0.39 is 0 Å². The molecule has 0 atom stereocenters. The van der Waals surface area contributed by atoms with Gasteiger partial charge in [-0.25, -0.2) is 4.98 Å². The van der Waals surface area contributed by atoms with Crippen molar-refractivity contribution in [2.24, 2.45) is 5.92 Å². The molecule has 1 fully saturated rings. The normalized spacial score (nSPS) is 14.4. The van der Waals surface area contributed by atoms with Gasteiger partial charge in [0.15, 0.2) is 0 Å². The molecule has 1 saturated carbocycles. The number of anilines is 1. The minimum Gasteiger partial charge on any atom is -0.371 e. The molecule has 0 unspecified atom stereocenters. The summed E-state index contributed by atoms with van der Waals surface area (Å²) in [5, 5.41) is 4.83. The molecule has 20 heavy (non-hydrogen) atoms. The van der Waals surface area contributed by atoms with Gasteiger partial charge in [-0.1, -0.05) is 24.3 Å². The second-order valence-corrected chi connectivity index (χ2v) is 5.77. The van der Waals surface area contributed by atoms with E-state index in [0.29, 0.717) is 22.8 Å². The first-order valence-corrected chi connectivity index (χ1v) is 7.44. The van der Waals surface area contributed by atoms with Crippen molar-refractivity contribution in [1.82, 2.24) is 4.98 Å². The van der Waals surface area contributed by atoms with Gasteiger partial charge in [-0.05, 0) is 34.7 Å². The highest BCUT2D eigenvalue weighted by molar-refractivity contribution is 9.10. The fourth-order valence-corrected chi connectivity index (χ4v) is 2.45. The summed E-state index contributed by atoms with van der Waals surface area (Å²) in [4.78, 5) is 16.2. The van der Waals surface area contributed by atoms with Crippen LogP contribution in [-0.2, 0) is 9.53 Å². The van der Waals surface area contributed by atoms with Gasteiger partial charge < -0.3 is 10.1 Å². The van der Waals surface area contributed by atoms with Crippen LogP contribution in [0.2, 0.25) is 0 Å². The Labute approximate surface area is 125 Å². The van der Waals surface area contributed by atoms with Crippen molar-refractivity contribution >= 4 is 38.3 Å². The van der Waals surface area contributed by atoms with Gasteiger partial charge >= 0.3 is 0 Å². The molecule has 1 aliphatic rings. The van der Waals surface area contributed by atoms with E-state index in [1.165, 1.54) is 12.8 Å². The van der Waals surface area contributed by atoms with Gasteiger partial charge in [-0.3, -0.25) is 4.79 Å². The number of hydrogen-bond donors (Lipinski definition) is 1. The molecule has 1 amide bonds. The minimum absolute atomic E-state index is 0.0894. The third kappa shape index (κ3) is 3.16. The van der Waals surface area contributed by atoms with Crippen LogP contribution >= 0.6 is 15.9 Å². The van der Waals surface area contributed by atoms with E-state index in [9.17, 15) is 4.79 Å². The zero-order valence-electron chi connectivity index (χ0n) is 10.9. The number of nitrogens with zero attached hydrogens (tertiary/aromatic N) is 1. The summed E-state index contributed by atoms with van der Waals surface area (Å²) in [6.45, 7) is 0.772. The Morgan fingerprint density at radius 1 is 1.40 bits per heavy atom. The maximum Gasteiger partial charge on any atom is 0.250 e. The van der Waals surface area contributed by atoms with Gasteiger partial charge in [0.05, 0.1) is 12.3 Å². The number of benzene rings is 1. The Morgan fingerprint density at radius 3 is 3.00 bits per heavy atom. The molecule has 1 aliphatic carbocycles. The fourth-order valence-electron chi connectivity index (χ4n) is 2.04. The average molecular weight is 335 g/mol. The van der Waals surface area contributed by atoms with E-state index in [-0.39, 0.29) is 12.5 Å². The predicted molar refractivity (Wildman–Crippen MR) is 81.6 cm³/mol. The zero-order valence-corrected chi connectivity index (χ0v) is 12.5. The second-order valence-electron chi connectivity index (χ2n) is 5.02. The molecule has 0 radical (unpaired) electrons. The Hall–Kier alpha value is -1.46. The molecule has 1 heterocycles. The molecule has 1 aromatic heterocycles. The standard InChI is InChI=1S/C15H15BrN2O2/c16-15-14(12-4-2-1-3-11(12)7-17-15)18-13(19)9-20-8-10-5-6-10/h1-4,7,10H,5-6,8-9H2,(H,18,19). The van der Waals surface area contributed by atoms with Crippen molar-refractivity contribution < 1.29 is 9.53 Å². The quantitative estimate of drug-likeness (QED) is 0.853. The van der Waals surface area contributed by atoms with Gasteiger partial charge in [0.25, 0.3) is 0 Å². The number of fused-ring (bicyclic) bond motifs is 1. The van der Waals surface area contributed by atoms with Gasteiger partial charge in [0.2, 0.25) is 5.91 Å². The Bertz CT molecular complexity index is 641. The molecule has 1 N–H and O–H groups in total. The van der Waals surface area contributed by atoms with E-state index in [0.717, 1.165) is 10.8 Å². The summed E-state index contributed by atoms with van der Waals surface area (Å²) < 4.78 is 6.03. The van der Waals surface area contributed by atoms with Crippen molar-refractivity contribution in [3.8, 4) is 0 Å². The lowest BCUT2D eigenvalue weighted by molar-refractivity contribution is -0.120. The van der Waals surface area contributed by atoms with Crippen LogP contribution in [0.1, 0.15) is 12.8 Å². The lowest BCUT2D eigenvalue weighted by Gasteiger charge is -2.10. The molecule has 104 valence electrons. The first-order valence-electron chi connectivity index (χ1n) is 6.65. The van der Waals surface area contributed by atoms with Crippen molar-refractivity contribution in [2.45, 2.75) is 12.8 Å². The summed E-state index contributed by atoms with van der Waals surface area (Å²) in [5.41, 5.74) is 0.697. The Morgan fingerprint density at radius 2 is 2.20 bits per heavy atom. The van der Waals surface area contributed by atoms with Crippen molar-refractivity contribution in [2.75, 3.05) is 18.5 Å². The molecule has 0 bridgehead atoms. The highest BCUT2D eigenvalue weighted by Crippen LogP contribution is 2.30. The van der Waals surface area contributed by atoms with Crippen molar-refractivity contribution in [3.63, 3.8) is 0 Å². The minimum atomic E-state index is -0.149. The molecule has 3 rings (SSSR count). The van der Waals surface area contributed by atoms with Crippen LogP contribution in [0.3, 0.4) is 0 Å². The van der Waals surface area contributed by atoms with Gasteiger partial charge in [-0.2, -0.15) is 0 Å². The summed E-state index contributed by atoms with van der Waals surface area (Å²) in [7, 11) is 0. The average Bonchev–Trinajstić information content (AvgIpc) is 3.26. The summed E-state index contributed by atoms with van der Waals surface area (Å²) >= 11 is 3.38. The van der Waals surface area contributed by atoms with Crippen LogP contribution in [0.4, 0.5) is 5.69 Å². The molecule has 5 heteroatoms. The zero-order chi connectivity index (χ0) is 13.9. The molecule has 4 nitrogen and oxygen atoms in total. The Kier molecular flexibility index (Phi) is 3.98. The number of amides is 1. The fraction of sp³-hybridized carbons (Fsp3) is 0.333. The van der Waals surface area contributed by atoms with Gasteiger partial charge in [0, 0.05) is 17.0 Å². The molecule has 1 aromatic carbocycles. The van der Waals surface area contributed by atoms with E-state index in [1.54, 1.807) is 6.20 Å². The number of ether oxygens (including phenoxy) is 1. The van der Waals surface area contributed by atoms with Crippen LogP contribution < -0.4 is 5.32 Å². The smallest absolute Gasteiger partial charge is 0.250 e. The number of hydrogen-bond acceptors (Lipinski definition) is 3. The third-order valence-electron chi connectivity index (χ3n) is 3.30. The summed E-state index contributed by atoms with van der Waals surface area (Å²) in [6, 6.07) is 7.81. The van der Waals surface area contributed by atoms with Crippen LogP contribution in [0, 0.1) is 5.92 Å². The number of halogens is 1. The van der Waals surface area contributed by atoms with Crippen molar-refractivity contribution in [1.29, 1.82) is 0 Å². The van der Waals surface area contributed by atoms with Crippen LogP contribution in [-0.4, -0.2) is 24.1 Å². The number of nitrogens with one attached hydrogen (secondary N) is 1. The Balaban J connectivity index is 1.72. The number of aromatic nitrogens is 1. The monoisotopic (exact) mass is 334 g/mol. The first-order chi connectivity index (χ1) is 9.74. The molecular weight excluding hydrogens is 320 g/mol. The molecule has 0 spiro atoms. The molecule has 2 aromatic rings. The van der Waals surface area contributed by atoms with E-state index in [2.05, 4.69) is 26.2 Å². The summed E-state index contributed by atoms with van der Waals surface area (Å²) in [5.74, 6) is 0.512. The first kappa shape index (κ1) is 13.5. The number of carbonyl (C=O) groups excluding carboxylic acids is 1. The maximum atomic E-state index is 11.9. The highest BCUT2D eigenvalue weighted by atomic mass is 79.9. The van der Waals surface area contributed by atoms with Crippen LogP contribution in [0.15, 0.2) is 35.1 Å². The summed E-state index contributed by atoms with van der Waals surface area (Å²) in [6.07, 6.45) is 4.22. The third-order valence-corrected chi connectivity index (χ3v) is 3.90. The van der Waals surface area contributed by atoms with Crippen LogP contribution in [0.25, 0.3) is 10.8 Å². The van der Waals surface area contributed by atoms with E-state index in [1.807, 2.05) is 24.3 Å². The second kappa shape index (κ2) is 5.89. The van der Waals surface area contributed by atoms with Gasteiger partial charge in [0.1, 0.15) is 11.2 Å². The number of pyridine rings is 1. The van der Waals surface area contributed by atoms with Gasteiger partial charge in [-0.15, -0.1) is 0 Å². The maximum absolute atomic E-state index is 11.9. The lowest BCUT2D eigenvalue weighted by Crippen LogP contribution is -2.19. The topological polar surface area (TPSA) is 51.2 Å². The lowest BCUT2D eigenvalue weighted by atomic mass is 10.1. The number of rotatable bonds is 5. The predicted octanol–water partition coefficient (Wildman–Crippen LogP) is 3.36. The SMILES string of the molecule is O=C(COCC1CC1)Nc1c(Br)ncc2ccccc12. The van der Waals surface area contributed by atoms with Crippen LogP contribution in [0.5, 0.6) is 0 Å². The molecular formula is C15H15BrN2O2.